The van der Waals surface area contributed by atoms with Crippen molar-refractivity contribution in [3.8, 4) is 11.5 Å². The van der Waals surface area contributed by atoms with Gasteiger partial charge in [0, 0.05) is 26.5 Å². The number of phenols is 1. The molecule has 2 rings (SSSR count). The van der Waals surface area contributed by atoms with Gasteiger partial charge in [-0.15, -0.1) is 23.5 Å². The number of hydrogen-bond donors (Lipinski definition) is 2. The predicted molar refractivity (Wildman–Crippen MR) is 191 cm³/mol. The van der Waals surface area contributed by atoms with E-state index in [9.17, 15) is 14.7 Å². The molecule has 0 bridgehead atoms. The largest absolute Gasteiger partial charge is 0.507 e. The summed E-state index contributed by atoms with van der Waals surface area (Å²) in [6, 6.07) is 8.34. The third kappa shape index (κ3) is 13.5. The van der Waals surface area contributed by atoms with Crippen LogP contribution in [0.25, 0.3) is 0 Å². The highest BCUT2D eigenvalue weighted by Gasteiger charge is 2.30. The molecule has 0 aliphatic rings. The summed E-state index contributed by atoms with van der Waals surface area (Å²) in [6.45, 7) is 33.5. The maximum Gasteiger partial charge on any atom is 0.311 e. The Bertz CT molecular complexity index is 1210. The Morgan fingerprint density at radius 3 is 1.43 bits per heavy atom. The SMILES string of the molecule is CC.CCC.Cc1cc(SC(C)(C)Sc2cc(C(C)(C)C)c(O)c(C(C)(C)C)c2)cc(C(C)(C)C)c1OC(=O)CCC(=O)O. The fraction of sp³-hybridized carbons (Fsp3) is 0.622. The number of esters is 1. The summed E-state index contributed by atoms with van der Waals surface area (Å²) in [5, 5.41) is 20.0. The Morgan fingerprint density at radius 2 is 1.07 bits per heavy atom. The second-order valence-corrected chi connectivity index (χ2v) is 18.1. The van der Waals surface area contributed by atoms with E-state index in [1.807, 2.05) is 26.8 Å². The van der Waals surface area contributed by atoms with Gasteiger partial charge in [0.1, 0.15) is 11.5 Å². The standard InChI is InChI=1S/C32H46O5S2.C3H8.C2H6/c1-19-15-20(18-24(31(8,9)10)28(19)37-26(35)14-13-25(33)34)38-32(11,12)39-21-16-22(29(2,3)4)27(36)23(17-21)30(5,6)7;1-3-2;1-2/h15-18,36H,13-14H2,1-12H3,(H,33,34);3H2,1-2H3;1-2H3. The molecule has 44 heavy (non-hydrogen) atoms. The van der Waals surface area contributed by atoms with Gasteiger partial charge >= 0.3 is 11.9 Å². The van der Waals surface area contributed by atoms with Gasteiger partial charge in [-0.3, -0.25) is 9.59 Å². The molecule has 2 N–H and O–H groups in total. The number of aryl methyl sites for hydroxylation is 1. The van der Waals surface area contributed by atoms with Gasteiger partial charge in [0.15, 0.2) is 0 Å². The minimum Gasteiger partial charge on any atom is -0.507 e. The van der Waals surface area contributed by atoms with E-state index >= 15 is 0 Å². The number of carboxylic acid groups (broad SMARTS) is 1. The summed E-state index contributed by atoms with van der Waals surface area (Å²) in [5.74, 6) is -0.678. The molecule has 0 saturated heterocycles. The Morgan fingerprint density at radius 1 is 0.705 bits per heavy atom. The molecule has 0 atom stereocenters. The molecule has 0 fully saturated rings. The van der Waals surface area contributed by atoms with Gasteiger partial charge in [-0.05, 0) is 66.8 Å². The smallest absolute Gasteiger partial charge is 0.311 e. The molecule has 250 valence electrons. The van der Waals surface area contributed by atoms with Crippen LogP contribution in [0.5, 0.6) is 11.5 Å². The highest BCUT2D eigenvalue weighted by atomic mass is 32.2. The number of thioether (sulfide) groups is 2. The van der Waals surface area contributed by atoms with Crippen LogP contribution < -0.4 is 4.74 Å². The Hall–Kier alpha value is -2.12. The molecule has 2 aromatic rings. The molecular formula is C37H60O5S2. The van der Waals surface area contributed by atoms with E-state index < -0.39 is 11.9 Å². The quantitative estimate of drug-likeness (QED) is 0.127. The van der Waals surface area contributed by atoms with E-state index in [0.29, 0.717) is 11.5 Å². The topological polar surface area (TPSA) is 83.8 Å². The molecular weight excluding hydrogens is 589 g/mol. The Labute approximate surface area is 277 Å². The van der Waals surface area contributed by atoms with E-state index in [1.165, 1.54) is 6.42 Å². The first kappa shape index (κ1) is 41.9. The Kier molecular flexibility index (Phi) is 16.2. The van der Waals surface area contributed by atoms with Crippen LogP contribution in [-0.2, 0) is 25.8 Å². The number of phenolic OH excluding ortho intramolecular Hbond substituents is 1. The zero-order valence-corrected chi connectivity index (χ0v) is 32.0. The number of carboxylic acids is 1. The fourth-order valence-electron chi connectivity index (χ4n) is 4.26. The number of benzene rings is 2. The first-order valence-corrected chi connectivity index (χ1v) is 17.4. The third-order valence-electron chi connectivity index (χ3n) is 6.24. The summed E-state index contributed by atoms with van der Waals surface area (Å²) in [5.41, 5.74) is 2.94. The number of hydrogen-bond acceptors (Lipinski definition) is 6. The second-order valence-electron chi connectivity index (χ2n) is 14.4. The van der Waals surface area contributed by atoms with Crippen molar-refractivity contribution in [2.75, 3.05) is 0 Å². The summed E-state index contributed by atoms with van der Waals surface area (Å²) >= 11 is 3.50. The van der Waals surface area contributed by atoms with E-state index in [0.717, 1.165) is 32.0 Å². The second kappa shape index (κ2) is 17.0. The number of ether oxygens (including phenoxy) is 1. The van der Waals surface area contributed by atoms with E-state index in [-0.39, 0.29) is 33.2 Å². The van der Waals surface area contributed by atoms with Crippen LogP contribution >= 0.6 is 23.5 Å². The van der Waals surface area contributed by atoms with Crippen LogP contribution in [0.15, 0.2) is 34.1 Å². The number of aromatic hydroxyl groups is 1. The van der Waals surface area contributed by atoms with Crippen LogP contribution in [0.3, 0.4) is 0 Å². The Balaban J connectivity index is 0.00000347. The van der Waals surface area contributed by atoms with Gasteiger partial charge in [-0.2, -0.15) is 0 Å². The van der Waals surface area contributed by atoms with Crippen LogP contribution in [0.4, 0.5) is 0 Å². The highest BCUT2D eigenvalue weighted by Crippen LogP contribution is 2.50. The van der Waals surface area contributed by atoms with Crippen molar-refractivity contribution >= 4 is 35.5 Å². The molecule has 7 heteroatoms. The van der Waals surface area contributed by atoms with Crippen molar-refractivity contribution in [3.63, 3.8) is 0 Å². The van der Waals surface area contributed by atoms with E-state index in [1.54, 1.807) is 23.5 Å². The maximum absolute atomic E-state index is 12.4. The number of aliphatic carboxylic acids is 1. The van der Waals surface area contributed by atoms with Crippen molar-refractivity contribution in [2.24, 2.45) is 0 Å². The van der Waals surface area contributed by atoms with E-state index in [2.05, 4.69) is 108 Å². The molecule has 0 spiro atoms. The zero-order valence-electron chi connectivity index (χ0n) is 30.4. The molecule has 2 aromatic carbocycles. The van der Waals surface area contributed by atoms with Gasteiger partial charge in [0.25, 0.3) is 0 Å². The lowest BCUT2D eigenvalue weighted by Crippen LogP contribution is -2.19. The van der Waals surface area contributed by atoms with Gasteiger partial charge in [-0.1, -0.05) is 96.4 Å². The lowest BCUT2D eigenvalue weighted by Gasteiger charge is -2.30. The van der Waals surface area contributed by atoms with Crippen LogP contribution in [0.1, 0.15) is 145 Å². The predicted octanol–water partition coefficient (Wildman–Crippen LogP) is 11.4. The van der Waals surface area contributed by atoms with Gasteiger partial charge < -0.3 is 14.9 Å². The van der Waals surface area contributed by atoms with Crippen LogP contribution in [-0.4, -0.2) is 26.2 Å². The lowest BCUT2D eigenvalue weighted by atomic mass is 9.79. The molecule has 5 nitrogen and oxygen atoms in total. The average molecular weight is 649 g/mol. The summed E-state index contributed by atoms with van der Waals surface area (Å²) < 4.78 is 5.45. The zero-order chi connectivity index (χ0) is 34.8. The van der Waals surface area contributed by atoms with Gasteiger partial charge in [-0.25, -0.2) is 0 Å². The minimum atomic E-state index is -1.02. The normalized spacial score (nSPS) is 12.0. The molecule has 0 unspecified atom stereocenters. The van der Waals surface area contributed by atoms with Gasteiger partial charge in [0.05, 0.1) is 16.9 Å². The van der Waals surface area contributed by atoms with Crippen molar-refractivity contribution in [3.05, 3.63) is 46.5 Å². The summed E-state index contributed by atoms with van der Waals surface area (Å²) in [4.78, 5) is 25.4. The monoisotopic (exact) mass is 648 g/mol. The molecule has 0 heterocycles. The average Bonchev–Trinajstić information content (AvgIpc) is 2.84. The third-order valence-corrected chi connectivity index (χ3v) is 8.67. The first-order valence-electron chi connectivity index (χ1n) is 15.8. The lowest BCUT2D eigenvalue weighted by molar-refractivity contribution is -0.142. The van der Waals surface area contributed by atoms with E-state index in [4.69, 9.17) is 9.84 Å². The molecule has 0 saturated carbocycles. The number of carbonyl (C=O) groups excluding carboxylic acids is 1. The minimum absolute atomic E-state index is 0.168. The van der Waals surface area contributed by atoms with Crippen LogP contribution in [0, 0.1) is 6.92 Å². The fourth-order valence-corrected chi connectivity index (χ4v) is 6.91. The first-order chi connectivity index (χ1) is 19.9. The molecule has 0 radical (unpaired) electrons. The van der Waals surface area contributed by atoms with Crippen molar-refractivity contribution in [2.45, 2.75) is 160 Å². The van der Waals surface area contributed by atoms with Crippen molar-refractivity contribution in [1.82, 2.24) is 0 Å². The molecule has 0 amide bonds. The molecule has 0 aromatic heterocycles. The number of carbonyl (C=O) groups is 2. The van der Waals surface area contributed by atoms with Crippen LogP contribution in [0.2, 0.25) is 0 Å². The molecule has 0 aliphatic heterocycles. The summed E-state index contributed by atoms with van der Waals surface area (Å²) in [7, 11) is 0. The summed E-state index contributed by atoms with van der Waals surface area (Å²) in [6.07, 6.45) is 0.825. The highest BCUT2D eigenvalue weighted by molar-refractivity contribution is 8.18. The van der Waals surface area contributed by atoms with Crippen molar-refractivity contribution < 1.29 is 24.5 Å². The molecule has 0 aliphatic carbocycles. The van der Waals surface area contributed by atoms with Crippen molar-refractivity contribution in [1.29, 1.82) is 0 Å². The van der Waals surface area contributed by atoms with Gasteiger partial charge in [0.2, 0.25) is 0 Å². The maximum atomic E-state index is 12.4. The number of rotatable bonds is 8.